The summed E-state index contributed by atoms with van der Waals surface area (Å²) in [6.07, 6.45) is 0. The van der Waals surface area contributed by atoms with Gasteiger partial charge < -0.3 is 10.6 Å². The van der Waals surface area contributed by atoms with E-state index in [1.165, 1.54) is 11.1 Å². The van der Waals surface area contributed by atoms with E-state index in [1.807, 2.05) is 13.1 Å². The summed E-state index contributed by atoms with van der Waals surface area (Å²) in [7, 11) is 2.00. The number of likely N-dealkylation sites (N-methyl/N-ethyl adjacent to an activating group) is 1. The molecule has 0 saturated carbocycles. The van der Waals surface area contributed by atoms with Gasteiger partial charge in [-0.2, -0.15) is 0 Å². The van der Waals surface area contributed by atoms with Crippen molar-refractivity contribution in [2.75, 3.05) is 18.5 Å². The van der Waals surface area contributed by atoms with Crippen LogP contribution in [-0.4, -0.2) is 13.6 Å². The van der Waals surface area contributed by atoms with Crippen LogP contribution >= 0.6 is 15.9 Å². The number of aryl methyl sites for hydroxylation is 2. The lowest BCUT2D eigenvalue weighted by Crippen LogP contribution is -2.31. The van der Waals surface area contributed by atoms with Gasteiger partial charge in [0.05, 0.1) is 10.5 Å². The molecule has 21 heavy (non-hydrogen) atoms. The van der Waals surface area contributed by atoms with E-state index < -0.39 is 0 Å². The molecule has 1 atom stereocenters. The number of benzene rings is 2. The molecule has 0 radical (unpaired) electrons. The van der Waals surface area contributed by atoms with Crippen molar-refractivity contribution in [2.45, 2.75) is 19.9 Å². The number of rotatable bonds is 4. The number of anilines is 1. The molecule has 2 rings (SSSR count). The zero-order chi connectivity index (χ0) is 15.6. The monoisotopic (exact) mass is 350 g/mol. The molecule has 0 amide bonds. The Bertz CT molecular complexity index is 643. The van der Waals surface area contributed by atoms with Crippen LogP contribution in [0.1, 0.15) is 22.7 Å². The highest BCUT2D eigenvalue weighted by molar-refractivity contribution is 9.10. The summed E-state index contributed by atoms with van der Waals surface area (Å²) in [6.45, 7) is 4.57. The lowest BCUT2D eigenvalue weighted by molar-refractivity contribution is 0.609. The molecule has 2 aromatic rings. The molecule has 0 heterocycles. The molecule has 0 aromatic heterocycles. The third-order valence-corrected chi connectivity index (χ3v) is 4.39. The molecular formula is C17H20BrFN2. The van der Waals surface area contributed by atoms with Gasteiger partial charge in [0.15, 0.2) is 0 Å². The molecule has 0 aliphatic carbocycles. The van der Waals surface area contributed by atoms with Gasteiger partial charge in [0.2, 0.25) is 0 Å². The van der Waals surface area contributed by atoms with Gasteiger partial charge >= 0.3 is 0 Å². The molecule has 0 bridgehead atoms. The number of hydrogen-bond donors (Lipinski definition) is 1. The summed E-state index contributed by atoms with van der Waals surface area (Å²) in [5, 5.41) is 0. The van der Waals surface area contributed by atoms with E-state index in [1.54, 1.807) is 12.1 Å². The van der Waals surface area contributed by atoms with E-state index in [-0.39, 0.29) is 11.9 Å². The lowest BCUT2D eigenvalue weighted by Gasteiger charge is -2.31. The van der Waals surface area contributed by atoms with Crippen molar-refractivity contribution in [3.8, 4) is 0 Å². The largest absolute Gasteiger partial charge is 0.366 e. The molecule has 1 unspecified atom stereocenters. The second-order valence-corrected chi connectivity index (χ2v) is 6.18. The Morgan fingerprint density at radius 1 is 1.19 bits per heavy atom. The molecular weight excluding hydrogens is 331 g/mol. The van der Waals surface area contributed by atoms with Crippen LogP contribution in [0.25, 0.3) is 0 Å². The maximum Gasteiger partial charge on any atom is 0.137 e. The van der Waals surface area contributed by atoms with Gasteiger partial charge in [0, 0.05) is 19.3 Å². The average Bonchev–Trinajstić information content (AvgIpc) is 2.43. The molecule has 0 aliphatic rings. The highest BCUT2D eigenvalue weighted by Crippen LogP contribution is 2.29. The third-order valence-electron chi connectivity index (χ3n) is 3.75. The summed E-state index contributed by atoms with van der Waals surface area (Å²) in [6, 6.07) is 11.4. The van der Waals surface area contributed by atoms with Gasteiger partial charge in [-0.15, -0.1) is 0 Å². The van der Waals surface area contributed by atoms with E-state index in [2.05, 4.69) is 52.9 Å². The Kier molecular flexibility index (Phi) is 5.01. The van der Waals surface area contributed by atoms with Gasteiger partial charge in [-0.1, -0.05) is 23.8 Å². The minimum Gasteiger partial charge on any atom is -0.366 e. The average molecular weight is 351 g/mol. The Balaban J connectivity index is 2.37. The maximum absolute atomic E-state index is 13.8. The zero-order valence-corrected chi connectivity index (χ0v) is 14.1. The summed E-state index contributed by atoms with van der Waals surface area (Å²) in [5.74, 6) is -0.264. The van der Waals surface area contributed by atoms with Crippen molar-refractivity contribution in [3.63, 3.8) is 0 Å². The van der Waals surface area contributed by atoms with E-state index in [0.29, 0.717) is 11.0 Å². The van der Waals surface area contributed by atoms with Gasteiger partial charge in [-0.25, -0.2) is 4.39 Å². The molecule has 2 N–H and O–H groups in total. The standard InChI is InChI=1S/C17H20BrFN2/c1-11-4-7-16(12(2)8-11)21(3)17(10-20)13-5-6-14(18)15(19)9-13/h4-9,17H,10,20H2,1-3H3. The molecule has 2 nitrogen and oxygen atoms in total. The van der Waals surface area contributed by atoms with Crippen LogP contribution in [0, 0.1) is 19.7 Å². The van der Waals surface area contributed by atoms with Crippen molar-refractivity contribution in [2.24, 2.45) is 5.73 Å². The molecule has 2 aromatic carbocycles. The highest BCUT2D eigenvalue weighted by Gasteiger charge is 2.18. The molecule has 0 fully saturated rings. The van der Waals surface area contributed by atoms with Crippen LogP contribution in [0.5, 0.6) is 0 Å². The number of hydrogen-bond acceptors (Lipinski definition) is 2. The summed E-state index contributed by atoms with van der Waals surface area (Å²) >= 11 is 3.18. The first-order valence-corrected chi connectivity index (χ1v) is 7.68. The van der Waals surface area contributed by atoms with Gasteiger partial charge in [-0.3, -0.25) is 0 Å². The third kappa shape index (κ3) is 3.44. The predicted molar refractivity (Wildman–Crippen MR) is 90.2 cm³/mol. The summed E-state index contributed by atoms with van der Waals surface area (Å²) in [4.78, 5) is 2.11. The van der Waals surface area contributed by atoms with E-state index >= 15 is 0 Å². The Morgan fingerprint density at radius 3 is 2.48 bits per heavy atom. The van der Waals surface area contributed by atoms with Crippen molar-refractivity contribution in [3.05, 3.63) is 63.4 Å². The van der Waals surface area contributed by atoms with Gasteiger partial charge in [0.25, 0.3) is 0 Å². The molecule has 4 heteroatoms. The molecule has 0 spiro atoms. The van der Waals surface area contributed by atoms with Crippen LogP contribution in [0.15, 0.2) is 40.9 Å². The minimum absolute atomic E-state index is 0.0611. The second kappa shape index (κ2) is 6.58. The smallest absolute Gasteiger partial charge is 0.137 e. The van der Waals surface area contributed by atoms with Gasteiger partial charge in [-0.05, 0) is 59.1 Å². The Labute approximate surface area is 133 Å². The fourth-order valence-corrected chi connectivity index (χ4v) is 2.85. The molecule has 0 saturated heterocycles. The Hall–Kier alpha value is -1.39. The van der Waals surface area contributed by atoms with Crippen LogP contribution in [0.4, 0.5) is 10.1 Å². The summed E-state index contributed by atoms with van der Waals surface area (Å²) in [5.41, 5.74) is 10.3. The normalized spacial score (nSPS) is 12.3. The minimum atomic E-state index is -0.264. The van der Waals surface area contributed by atoms with Crippen molar-refractivity contribution in [1.82, 2.24) is 0 Å². The molecule has 112 valence electrons. The first kappa shape index (κ1) is 16.0. The van der Waals surface area contributed by atoms with Crippen LogP contribution < -0.4 is 10.6 Å². The first-order chi connectivity index (χ1) is 9.93. The summed E-state index contributed by atoms with van der Waals surface area (Å²) < 4.78 is 14.2. The van der Waals surface area contributed by atoms with E-state index in [4.69, 9.17) is 5.73 Å². The molecule has 0 aliphatic heterocycles. The quantitative estimate of drug-likeness (QED) is 0.888. The van der Waals surface area contributed by atoms with E-state index in [0.717, 1.165) is 11.3 Å². The maximum atomic E-state index is 13.8. The first-order valence-electron chi connectivity index (χ1n) is 6.89. The number of nitrogens with two attached hydrogens (primary N) is 1. The van der Waals surface area contributed by atoms with Crippen LogP contribution in [-0.2, 0) is 0 Å². The van der Waals surface area contributed by atoms with E-state index in [9.17, 15) is 4.39 Å². The predicted octanol–water partition coefficient (Wildman–Crippen LogP) is 4.34. The second-order valence-electron chi connectivity index (χ2n) is 5.33. The fraction of sp³-hybridized carbons (Fsp3) is 0.294. The lowest BCUT2D eigenvalue weighted by atomic mass is 10.0. The van der Waals surface area contributed by atoms with Crippen molar-refractivity contribution < 1.29 is 4.39 Å². The van der Waals surface area contributed by atoms with Gasteiger partial charge in [0.1, 0.15) is 5.82 Å². The van der Waals surface area contributed by atoms with Crippen molar-refractivity contribution >= 4 is 21.6 Å². The van der Waals surface area contributed by atoms with Crippen LogP contribution in [0.2, 0.25) is 0 Å². The topological polar surface area (TPSA) is 29.3 Å². The number of nitrogens with zero attached hydrogens (tertiary/aromatic N) is 1. The highest BCUT2D eigenvalue weighted by atomic mass is 79.9. The Morgan fingerprint density at radius 2 is 1.90 bits per heavy atom. The van der Waals surface area contributed by atoms with Crippen molar-refractivity contribution in [1.29, 1.82) is 0 Å². The fourth-order valence-electron chi connectivity index (χ4n) is 2.61. The zero-order valence-electron chi connectivity index (χ0n) is 12.5. The SMILES string of the molecule is Cc1ccc(N(C)C(CN)c2ccc(Br)c(F)c2)c(C)c1. The van der Waals surface area contributed by atoms with Crippen LogP contribution in [0.3, 0.4) is 0 Å². The number of halogens is 2.